The highest BCUT2D eigenvalue weighted by Crippen LogP contribution is 2.22. The average Bonchev–Trinajstić information content (AvgIpc) is 2.68. The first-order valence-electron chi connectivity index (χ1n) is 9.91. The van der Waals surface area contributed by atoms with Crippen LogP contribution in [0, 0.1) is 10.1 Å². The molecule has 3 rings (SSSR count). The van der Waals surface area contributed by atoms with E-state index in [2.05, 4.69) is 5.32 Å². The van der Waals surface area contributed by atoms with E-state index in [-0.39, 0.29) is 10.6 Å². The van der Waals surface area contributed by atoms with Crippen molar-refractivity contribution in [3.8, 4) is 0 Å². The van der Waals surface area contributed by atoms with Crippen molar-refractivity contribution in [3.05, 3.63) is 39.9 Å². The van der Waals surface area contributed by atoms with Gasteiger partial charge in [-0.3, -0.25) is 10.1 Å². The normalized spacial score (nSPS) is 19.9. The number of aliphatic imine (C=N–C) groups is 1. The maximum atomic E-state index is 10.8. The highest BCUT2D eigenvalue weighted by molar-refractivity contribution is 5.74. The minimum atomic E-state index is -0.384. The molecule has 0 saturated heterocycles. The molecular formula is C20H29N3O3. The van der Waals surface area contributed by atoms with E-state index >= 15 is 0 Å². The van der Waals surface area contributed by atoms with E-state index in [1.165, 1.54) is 63.5 Å². The summed E-state index contributed by atoms with van der Waals surface area (Å²) in [7, 11) is 0. The Kier molecular flexibility index (Phi) is 6.86. The number of benzene rings is 1. The van der Waals surface area contributed by atoms with Gasteiger partial charge in [0.25, 0.3) is 11.7 Å². The van der Waals surface area contributed by atoms with Crippen molar-refractivity contribution >= 4 is 11.7 Å². The van der Waals surface area contributed by atoms with Gasteiger partial charge in [0.2, 0.25) is 0 Å². The molecule has 26 heavy (non-hydrogen) atoms. The second-order valence-corrected chi connectivity index (χ2v) is 7.42. The number of nitrogens with zero attached hydrogens (tertiary/aromatic N) is 2. The standard InChI is InChI=1S/C20H29N3O3/c24-23(25)19-13-11-16(12-14-19)15-26-20(21-17-7-3-1-4-8-17)22-18-9-5-2-6-10-18/h11-14,17-18H,1-10,15H2,(H,21,22). The highest BCUT2D eigenvalue weighted by atomic mass is 16.6. The molecule has 2 aliphatic carbocycles. The third-order valence-corrected chi connectivity index (χ3v) is 5.33. The van der Waals surface area contributed by atoms with E-state index in [1.54, 1.807) is 12.1 Å². The van der Waals surface area contributed by atoms with E-state index in [4.69, 9.17) is 9.73 Å². The fourth-order valence-electron chi connectivity index (χ4n) is 3.78. The third kappa shape index (κ3) is 5.71. The summed E-state index contributed by atoms with van der Waals surface area (Å²) in [6.45, 7) is 0.378. The van der Waals surface area contributed by atoms with Crippen molar-refractivity contribution in [3.63, 3.8) is 0 Å². The van der Waals surface area contributed by atoms with Crippen molar-refractivity contribution in [2.45, 2.75) is 82.9 Å². The summed E-state index contributed by atoms with van der Waals surface area (Å²) in [6, 6.07) is 7.99. The van der Waals surface area contributed by atoms with Gasteiger partial charge in [0.15, 0.2) is 0 Å². The zero-order valence-electron chi connectivity index (χ0n) is 15.4. The molecule has 0 radical (unpaired) electrons. The van der Waals surface area contributed by atoms with Gasteiger partial charge in [-0.15, -0.1) is 0 Å². The van der Waals surface area contributed by atoms with Crippen LogP contribution in [0.1, 0.15) is 69.8 Å². The molecule has 142 valence electrons. The van der Waals surface area contributed by atoms with Crippen LogP contribution in [-0.4, -0.2) is 23.0 Å². The Hall–Kier alpha value is -2.11. The van der Waals surface area contributed by atoms with Gasteiger partial charge in [0.1, 0.15) is 6.61 Å². The van der Waals surface area contributed by atoms with E-state index in [1.807, 2.05) is 0 Å². The van der Waals surface area contributed by atoms with Crippen molar-refractivity contribution in [1.82, 2.24) is 5.32 Å². The second-order valence-electron chi connectivity index (χ2n) is 7.42. The second kappa shape index (κ2) is 9.55. The van der Waals surface area contributed by atoms with Gasteiger partial charge in [0.05, 0.1) is 11.0 Å². The number of nitrogens with one attached hydrogen (secondary N) is 1. The van der Waals surface area contributed by atoms with Crippen LogP contribution in [0.5, 0.6) is 0 Å². The quantitative estimate of drug-likeness (QED) is 0.357. The van der Waals surface area contributed by atoms with E-state index in [0.29, 0.717) is 24.7 Å². The van der Waals surface area contributed by atoms with Gasteiger partial charge in [-0.05, 0) is 43.4 Å². The van der Waals surface area contributed by atoms with Crippen LogP contribution in [0.3, 0.4) is 0 Å². The molecule has 1 aromatic carbocycles. The maximum absolute atomic E-state index is 10.8. The van der Waals surface area contributed by atoms with Crippen LogP contribution in [0.15, 0.2) is 29.3 Å². The number of amidine groups is 1. The monoisotopic (exact) mass is 359 g/mol. The minimum absolute atomic E-state index is 0.102. The first-order valence-corrected chi connectivity index (χ1v) is 9.91. The molecule has 0 spiro atoms. The number of rotatable bonds is 5. The summed E-state index contributed by atoms with van der Waals surface area (Å²) in [5, 5.41) is 14.3. The lowest BCUT2D eigenvalue weighted by molar-refractivity contribution is -0.384. The van der Waals surface area contributed by atoms with Gasteiger partial charge in [-0.2, -0.15) is 0 Å². The molecule has 0 unspecified atom stereocenters. The molecule has 2 fully saturated rings. The van der Waals surface area contributed by atoms with Crippen molar-refractivity contribution < 1.29 is 9.66 Å². The average molecular weight is 359 g/mol. The van der Waals surface area contributed by atoms with E-state index < -0.39 is 0 Å². The summed E-state index contributed by atoms with van der Waals surface area (Å²) < 4.78 is 6.00. The van der Waals surface area contributed by atoms with Crippen LogP contribution < -0.4 is 5.32 Å². The minimum Gasteiger partial charge on any atom is -0.460 e. The van der Waals surface area contributed by atoms with Gasteiger partial charge in [-0.1, -0.05) is 38.5 Å². The van der Waals surface area contributed by atoms with E-state index in [0.717, 1.165) is 18.4 Å². The lowest BCUT2D eigenvalue weighted by Gasteiger charge is -2.26. The van der Waals surface area contributed by atoms with Crippen LogP contribution in [-0.2, 0) is 11.3 Å². The van der Waals surface area contributed by atoms with Crippen LogP contribution >= 0.6 is 0 Å². The summed E-state index contributed by atoms with van der Waals surface area (Å²) in [5.41, 5.74) is 1.02. The third-order valence-electron chi connectivity index (χ3n) is 5.33. The van der Waals surface area contributed by atoms with Gasteiger partial charge < -0.3 is 10.1 Å². The molecule has 6 heteroatoms. The molecule has 0 aliphatic heterocycles. The molecule has 2 saturated carbocycles. The molecule has 0 heterocycles. The predicted octanol–water partition coefficient (Wildman–Crippen LogP) is 4.72. The zero-order valence-corrected chi connectivity index (χ0v) is 15.4. The molecule has 1 N–H and O–H groups in total. The van der Waals surface area contributed by atoms with Gasteiger partial charge in [-0.25, -0.2) is 4.99 Å². The fourth-order valence-corrected chi connectivity index (χ4v) is 3.78. The topological polar surface area (TPSA) is 76.8 Å². The summed E-state index contributed by atoms with van der Waals surface area (Å²) in [5.74, 6) is 0. The Balaban J connectivity index is 1.61. The van der Waals surface area contributed by atoms with Crippen LogP contribution in [0.25, 0.3) is 0 Å². The van der Waals surface area contributed by atoms with Crippen molar-refractivity contribution in [1.29, 1.82) is 0 Å². The maximum Gasteiger partial charge on any atom is 0.285 e. The molecule has 6 nitrogen and oxygen atoms in total. The fraction of sp³-hybridized carbons (Fsp3) is 0.650. The molecular weight excluding hydrogens is 330 g/mol. The molecule has 0 bridgehead atoms. The largest absolute Gasteiger partial charge is 0.460 e. The SMILES string of the molecule is O=[N+]([O-])c1ccc(COC(=NC2CCCCC2)NC2CCCCC2)cc1. The molecule has 0 aromatic heterocycles. The number of non-ortho nitro benzene ring substituents is 1. The zero-order chi connectivity index (χ0) is 18.2. The predicted molar refractivity (Wildman–Crippen MR) is 102 cm³/mol. The summed E-state index contributed by atoms with van der Waals surface area (Å²) >= 11 is 0. The Morgan fingerprint density at radius 2 is 1.65 bits per heavy atom. The lowest BCUT2D eigenvalue weighted by Crippen LogP contribution is -2.38. The smallest absolute Gasteiger partial charge is 0.285 e. The lowest BCUT2D eigenvalue weighted by atomic mass is 9.95. The van der Waals surface area contributed by atoms with Crippen molar-refractivity contribution in [2.24, 2.45) is 4.99 Å². The first kappa shape index (κ1) is 18.7. The highest BCUT2D eigenvalue weighted by Gasteiger charge is 2.18. The van der Waals surface area contributed by atoms with Crippen LogP contribution in [0.4, 0.5) is 5.69 Å². The van der Waals surface area contributed by atoms with Gasteiger partial charge >= 0.3 is 0 Å². The number of nitro benzene ring substituents is 1. The Labute approximate surface area is 155 Å². The van der Waals surface area contributed by atoms with E-state index in [9.17, 15) is 10.1 Å². The summed E-state index contributed by atoms with van der Waals surface area (Å²) in [6.07, 6.45) is 12.2. The Bertz CT molecular complexity index is 603. The Morgan fingerprint density at radius 3 is 2.27 bits per heavy atom. The number of nitro groups is 1. The molecule has 2 aliphatic rings. The van der Waals surface area contributed by atoms with Crippen molar-refractivity contribution in [2.75, 3.05) is 0 Å². The van der Waals surface area contributed by atoms with Gasteiger partial charge in [0, 0.05) is 18.2 Å². The Morgan fingerprint density at radius 1 is 1.04 bits per heavy atom. The number of hydrogen-bond acceptors (Lipinski definition) is 4. The molecule has 0 atom stereocenters. The molecule has 1 aromatic rings. The number of ether oxygens (including phenoxy) is 1. The molecule has 0 amide bonds. The first-order chi connectivity index (χ1) is 12.7. The van der Waals surface area contributed by atoms with Crippen LogP contribution in [0.2, 0.25) is 0 Å². The number of hydrogen-bond donors (Lipinski definition) is 1. The summed E-state index contributed by atoms with van der Waals surface area (Å²) in [4.78, 5) is 15.2.